The van der Waals surface area contributed by atoms with Gasteiger partial charge in [-0.15, -0.1) is 0 Å². The van der Waals surface area contributed by atoms with Crippen molar-refractivity contribution in [3.63, 3.8) is 0 Å². The Kier molecular flexibility index (Phi) is 3.23. The van der Waals surface area contributed by atoms with E-state index in [2.05, 4.69) is 0 Å². The minimum Gasteiger partial charge on any atom is -0.289 e. The number of benzene rings is 3. The molecule has 1 aliphatic carbocycles. The van der Waals surface area contributed by atoms with Crippen molar-refractivity contribution in [3.8, 4) is 11.3 Å². The molecule has 2 heterocycles. The van der Waals surface area contributed by atoms with Crippen LogP contribution in [0.2, 0.25) is 0 Å². The molecule has 29 heavy (non-hydrogen) atoms. The van der Waals surface area contributed by atoms with Crippen LogP contribution in [0.25, 0.3) is 33.2 Å². The van der Waals surface area contributed by atoms with Crippen LogP contribution in [0.5, 0.6) is 0 Å². The average molecular weight is 376 g/mol. The lowest BCUT2D eigenvalue weighted by Crippen LogP contribution is -2.08. The maximum absolute atomic E-state index is 13.0. The Morgan fingerprint density at radius 1 is 0.793 bits per heavy atom. The molecule has 0 spiro atoms. The zero-order valence-corrected chi connectivity index (χ0v) is 15.8. The van der Waals surface area contributed by atoms with E-state index < -0.39 is 0 Å². The monoisotopic (exact) mass is 376 g/mol. The van der Waals surface area contributed by atoms with Crippen molar-refractivity contribution in [1.29, 1.82) is 0 Å². The summed E-state index contributed by atoms with van der Waals surface area (Å²) in [6.07, 6.45) is 0. The van der Waals surface area contributed by atoms with E-state index in [4.69, 9.17) is 15.1 Å². The van der Waals surface area contributed by atoms with E-state index in [1.807, 2.05) is 78.3 Å². The van der Waals surface area contributed by atoms with Crippen molar-refractivity contribution >= 4 is 27.7 Å². The molecule has 3 aromatic carbocycles. The van der Waals surface area contributed by atoms with Crippen molar-refractivity contribution < 1.29 is 4.79 Å². The number of para-hydroxylation sites is 2. The predicted octanol–water partition coefficient (Wildman–Crippen LogP) is 4.55. The van der Waals surface area contributed by atoms with Gasteiger partial charge in [0.05, 0.1) is 34.5 Å². The summed E-state index contributed by atoms with van der Waals surface area (Å²) in [6, 6.07) is 21.4. The van der Waals surface area contributed by atoms with Crippen molar-refractivity contribution in [2.24, 2.45) is 0 Å². The fraction of sp³-hybridized carbons (Fsp3) is 0.0833. The molecule has 0 saturated carbocycles. The lowest BCUT2D eigenvalue weighted by atomic mass is 9.87. The molecular weight excluding hydrogens is 360 g/mol. The zero-order valence-electron chi connectivity index (χ0n) is 15.8. The average Bonchev–Trinajstić information content (AvgIpc) is 3.12. The van der Waals surface area contributed by atoms with Gasteiger partial charge in [-0.05, 0) is 25.1 Å². The number of nitrogens with zero attached hydrogens (tertiary/aromatic N) is 4. The van der Waals surface area contributed by atoms with Gasteiger partial charge in [0.25, 0.3) is 0 Å². The molecule has 0 radical (unpaired) electrons. The summed E-state index contributed by atoms with van der Waals surface area (Å²) in [7, 11) is 0. The zero-order chi connectivity index (χ0) is 19.5. The van der Waals surface area contributed by atoms with Gasteiger partial charge in [0.15, 0.2) is 5.78 Å². The molecule has 5 aromatic rings. The molecule has 0 fully saturated rings. The first-order valence-corrected chi connectivity index (χ1v) is 9.56. The number of ketones is 1. The van der Waals surface area contributed by atoms with E-state index >= 15 is 0 Å². The molecule has 0 amide bonds. The minimum absolute atomic E-state index is 0.0555. The van der Waals surface area contributed by atoms with Gasteiger partial charge in [0.2, 0.25) is 0 Å². The Bertz CT molecular complexity index is 1470. The normalized spacial score (nSPS) is 12.5. The highest BCUT2D eigenvalue weighted by atomic mass is 16.1. The fourth-order valence-corrected chi connectivity index (χ4v) is 4.18. The molecule has 0 N–H and O–H groups in total. The van der Waals surface area contributed by atoms with Crippen LogP contribution in [0.1, 0.15) is 27.3 Å². The molecule has 6 rings (SSSR count). The van der Waals surface area contributed by atoms with Crippen LogP contribution in [-0.4, -0.2) is 25.5 Å². The summed E-state index contributed by atoms with van der Waals surface area (Å²) in [5.74, 6) is 0.0555. The molecule has 1 aliphatic rings. The number of carbonyl (C=O) groups excluding carboxylic acids is 1. The SMILES string of the molecule is Cc1nc2ccccc2nc1Cn1nc2c3c(cccc31)C(=O)c1ccccc1-2. The van der Waals surface area contributed by atoms with Crippen LogP contribution in [0.3, 0.4) is 0 Å². The minimum atomic E-state index is 0.0555. The Hall–Kier alpha value is -3.86. The third-order valence-electron chi connectivity index (χ3n) is 5.59. The Morgan fingerprint density at radius 3 is 2.31 bits per heavy atom. The van der Waals surface area contributed by atoms with Crippen molar-refractivity contribution in [2.45, 2.75) is 13.5 Å². The maximum atomic E-state index is 13.0. The molecule has 5 heteroatoms. The van der Waals surface area contributed by atoms with Gasteiger partial charge in [-0.25, -0.2) is 9.97 Å². The number of aromatic nitrogens is 4. The highest BCUT2D eigenvalue weighted by Crippen LogP contribution is 2.38. The van der Waals surface area contributed by atoms with Gasteiger partial charge in [0.1, 0.15) is 5.69 Å². The van der Waals surface area contributed by atoms with E-state index in [1.165, 1.54) is 0 Å². The van der Waals surface area contributed by atoms with E-state index in [-0.39, 0.29) is 5.78 Å². The van der Waals surface area contributed by atoms with Crippen LogP contribution >= 0.6 is 0 Å². The van der Waals surface area contributed by atoms with Crippen LogP contribution < -0.4 is 0 Å². The number of hydrogen-bond donors (Lipinski definition) is 0. The number of fused-ring (bicyclic) bond motifs is 3. The maximum Gasteiger partial charge on any atom is 0.194 e. The fourth-order valence-electron chi connectivity index (χ4n) is 4.18. The summed E-state index contributed by atoms with van der Waals surface area (Å²) < 4.78 is 1.94. The van der Waals surface area contributed by atoms with Crippen molar-refractivity contribution in [1.82, 2.24) is 19.7 Å². The third-order valence-corrected chi connectivity index (χ3v) is 5.59. The second kappa shape index (κ2) is 5.82. The first-order valence-electron chi connectivity index (χ1n) is 9.56. The van der Waals surface area contributed by atoms with Gasteiger partial charge in [-0.2, -0.15) is 5.10 Å². The van der Waals surface area contributed by atoms with Crippen molar-refractivity contribution in [2.75, 3.05) is 0 Å². The lowest BCUT2D eigenvalue weighted by Gasteiger charge is -2.13. The summed E-state index contributed by atoms with van der Waals surface area (Å²) >= 11 is 0. The number of rotatable bonds is 2. The summed E-state index contributed by atoms with van der Waals surface area (Å²) in [5, 5.41) is 5.83. The first-order chi connectivity index (χ1) is 14.2. The molecule has 2 aromatic heterocycles. The molecular formula is C24H16N4O. The second-order valence-electron chi connectivity index (χ2n) is 7.33. The third kappa shape index (κ3) is 2.27. The van der Waals surface area contributed by atoms with Gasteiger partial charge in [-0.1, -0.05) is 48.5 Å². The van der Waals surface area contributed by atoms with Crippen LogP contribution in [0.15, 0.2) is 66.7 Å². The van der Waals surface area contributed by atoms with Gasteiger partial charge >= 0.3 is 0 Å². The van der Waals surface area contributed by atoms with Crippen LogP contribution in [0, 0.1) is 6.92 Å². The van der Waals surface area contributed by atoms with Gasteiger partial charge in [0, 0.05) is 22.1 Å². The van der Waals surface area contributed by atoms with E-state index in [0.717, 1.165) is 44.6 Å². The summed E-state index contributed by atoms with van der Waals surface area (Å²) in [4.78, 5) is 22.5. The Labute approximate surface area is 166 Å². The van der Waals surface area contributed by atoms with Crippen LogP contribution in [-0.2, 0) is 6.54 Å². The largest absolute Gasteiger partial charge is 0.289 e. The molecule has 0 saturated heterocycles. The standard InChI is InChI=1S/C24H16N4O/c1-14-20(26-19-11-5-4-10-18(19)25-14)13-28-21-12-6-9-17-22(21)23(27-28)15-7-2-3-8-16(15)24(17)29/h2-12H,13H2,1H3. The molecule has 0 unspecified atom stereocenters. The van der Waals surface area contributed by atoms with Crippen LogP contribution in [0.4, 0.5) is 0 Å². The van der Waals surface area contributed by atoms with E-state index in [1.54, 1.807) is 0 Å². The predicted molar refractivity (Wildman–Crippen MR) is 112 cm³/mol. The topological polar surface area (TPSA) is 60.7 Å². The first kappa shape index (κ1) is 16.1. The number of hydrogen-bond acceptors (Lipinski definition) is 4. The van der Waals surface area contributed by atoms with Crippen molar-refractivity contribution in [3.05, 3.63) is 89.2 Å². The van der Waals surface area contributed by atoms with E-state index in [0.29, 0.717) is 17.7 Å². The summed E-state index contributed by atoms with van der Waals surface area (Å²) in [6.45, 7) is 2.48. The molecule has 0 atom stereocenters. The number of aryl methyl sites for hydroxylation is 1. The molecule has 138 valence electrons. The molecule has 5 nitrogen and oxygen atoms in total. The van der Waals surface area contributed by atoms with Gasteiger partial charge < -0.3 is 0 Å². The molecule has 0 aliphatic heterocycles. The second-order valence-corrected chi connectivity index (χ2v) is 7.33. The lowest BCUT2D eigenvalue weighted by molar-refractivity contribution is 0.104. The van der Waals surface area contributed by atoms with E-state index in [9.17, 15) is 4.79 Å². The summed E-state index contributed by atoms with van der Waals surface area (Å²) in [5.41, 5.74) is 7.63. The highest BCUT2D eigenvalue weighted by molar-refractivity contribution is 6.25. The quantitative estimate of drug-likeness (QED) is 0.445. The van der Waals surface area contributed by atoms with Gasteiger partial charge in [-0.3, -0.25) is 9.48 Å². The molecule has 0 bridgehead atoms. The Morgan fingerprint density at radius 2 is 1.48 bits per heavy atom. The smallest absolute Gasteiger partial charge is 0.194 e. The number of carbonyl (C=O) groups is 1. The Balaban J connectivity index is 1.57. The highest BCUT2D eigenvalue weighted by Gasteiger charge is 2.28.